The van der Waals surface area contributed by atoms with E-state index in [4.69, 9.17) is 0 Å². The normalized spacial score (nSPS) is 10.4. The van der Waals surface area contributed by atoms with E-state index >= 15 is 0 Å². The van der Waals surface area contributed by atoms with E-state index in [2.05, 4.69) is 10.3 Å². The number of aromatic nitrogens is 3. The molecule has 0 atom stereocenters. The van der Waals surface area contributed by atoms with Crippen molar-refractivity contribution >= 4 is 5.78 Å². The van der Waals surface area contributed by atoms with Gasteiger partial charge in [0.05, 0.1) is 11.8 Å². The van der Waals surface area contributed by atoms with Gasteiger partial charge in [0, 0.05) is 7.05 Å². The fourth-order valence-electron chi connectivity index (χ4n) is 1.45. The summed E-state index contributed by atoms with van der Waals surface area (Å²) in [6, 6.07) is 4.42. The lowest BCUT2D eigenvalue weighted by molar-refractivity contribution is 0.102. The molecule has 0 aliphatic heterocycles. The van der Waals surface area contributed by atoms with Crippen molar-refractivity contribution in [1.82, 2.24) is 15.0 Å². The number of benzene rings is 1. The Morgan fingerprint density at radius 1 is 1.44 bits per heavy atom. The van der Waals surface area contributed by atoms with Crippen LogP contribution in [-0.4, -0.2) is 20.8 Å². The first kappa shape index (κ1) is 10.5. The average Bonchev–Trinajstić information content (AvgIpc) is 2.67. The van der Waals surface area contributed by atoms with Crippen LogP contribution < -0.4 is 0 Å². The van der Waals surface area contributed by atoms with Crippen LogP contribution in [0.5, 0.6) is 0 Å². The molecule has 0 spiro atoms. The number of ketones is 1. The van der Waals surface area contributed by atoms with E-state index in [0.717, 1.165) is 5.56 Å². The lowest BCUT2D eigenvalue weighted by Crippen LogP contribution is -2.10. The van der Waals surface area contributed by atoms with Gasteiger partial charge in [-0.3, -0.25) is 4.79 Å². The zero-order valence-electron chi connectivity index (χ0n) is 8.94. The molecule has 0 saturated heterocycles. The molecule has 0 amide bonds. The number of nitrogens with zero attached hydrogens (tertiary/aromatic N) is 3. The number of rotatable bonds is 2. The second-order valence-corrected chi connectivity index (χ2v) is 3.56. The third-order valence-electron chi connectivity index (χ3n) is 2.31. The van der Waals surface area contributed by atoms with Gasteiger partial charge >= 0.3 is 0 Å². The molecule has 4 nitrogen and oxygen atoms in total. The monoisotopic (exact) mass is 219 g/mol. The summed E-state index contributed by atoms with van der Waals surface area (Å²) < 4.78 is 14.8. The van der Waals surface area contributed by atoms with Crippen molar-refractivity contribution in [2.24, 2.45) is 7.05 Å². The summed E-state index contributed by atoms with van der Waals surface area (Å²) in [5, 5.41) is 7.23. The number of carbonyl (C=O) groups is 1. The third-order valence-corrected chi connectivity index (χ3v) is 2.31. The van der Waals surface area contributed by atoms with Crippen LogP contribution in [0.1, 0.15) is 21.6 Å². The van der Waals surface area contributed by atoms with Gasteiger partial charge in [-0.1, -0.05) is 16.8 Å². The first-order valence-electron chi connectivity index (χ1n) is 4.75. The van der Waals surface area contributed by atoms with Gasteiger partial charge in [-0.15, -0.1) is 5.10 Å². The van der Waals surface area contributed by atoms with Crippen molar-refractivity contribution in [1.29, 1.82) is 0 Å². The summed E-state index contributed by atoms with van der Waals surface area (Å²) in [6.45, 7) is 1.80. The van der Waals surface area contributed by atoms with Crippen molar-refractivity contribution in [3.8, 4) is 0 Å². The summed E-state index contributed by atoms with van der Waals surface area (Å²) in [5.74, 6) is -0.939. The Labute approximate surface area is 91.7 Å². The highest BCUT2D eigenvalue weighted by molar-refractivity contribution is 6.07. The largest absolute Gasteiger partial charge is 0.287 e. The van der Waals surface area contributed by atoms with Gasteiger partial charge < -0.3 is 0 Å². The zero-order chi connectivity index (χ0) is 11.7. The number of carbonyl (C=O) groups excluding carboxylic acids is 1. The van der Waals surface area contributed by atoms with Gasteiger partial charge in [0.2, 0.25) is 5.78 Å². The smallest absolute Gasteiger partial charge is 0.215 e. The molecule has 0 bridgehead atoms. The third kappa shape index (κ3) is 1.71. The lowest BCUT2D eigenvalue weighted by atomic mass is 10.1. The van der Waals surface area contributed by atoms with E-state index in [1.54, 1.807) is 20.0 Å². The van der Waals surface area contributed by atoms with Gasteiger partial charge in [0.1, 0.15) is 11.5 Å². The van der Waals surface area contributed by atoms with Crippen molar-refractivity contribution in [3.63, 3.8) is 0 Å². The first-order valence-corrected chi connectivity index (χ1v) is 4.75. The molecule has 0 aliphatic carbocycles. The van der Waals surface area contributed by atoms with E-state index in [1.165, 1.54) is 23.0 Å². The highest BCUT2D eigenvalue weighted by Gasteiger charge is 2.17. The predicted molar refractivity (Wildman–Crippen MR) is 55.6 cm³/mol. The van der Waals surface area contributed by atoms with Crippen molar-refractivity contribution in [2.45, 2.75) is 6.92 Å². The fourth-order valence-corrected chi connectivity index (χ4v) is 1.45. The SMILES string of the molecule is Cc1ccc(F)c(C(=O)c2cnnn2C)c1. The first-order chi connectivity index (χ1) is 7.59. The summed E-state index contributed by atoms with van der Waals surface area (Å²) in [6.07, 6.45) is 1.32. The molecule has 16 heavy (non-hydrogen) atoms. The predicted octanol–water partition coefficient (Wildman–Crippen LogP) is 1.49. The quantitative estimate of drug-likeness (QED) is 0.719. The average molecular weight is 219 g/mol. The standard InChI is InChI=1S/C11H10FN3O/c1-7-3-4-9(12)8(5-7)11(16)10-6-13-14-15(10)2/h3-6H,1-2H3. The van der Waals surface area contributed by atoms with E-state index in [9.17, 15) is 9.18 Å². The molecular weight excluding hydrogens is 209 g/mol. The zero-order valence-corrected chi connectivity index (χ0v) is 8.94. The van der Waals surface area contributed by atoms with Crippen molar-refractivity contribution < 1.29 is 9.18 Å². The summed E-state index contributed by atoms with van der Waals surface area (Å²) in [7, 11) is 1.59. The highest BCUT2D eigenvalue weighted by Crippen LogP contribution is 2.14. The Kier molecular flexibility index (Phi) is 2.52. The van der Waals surface area contributed by atoms with Crippen molar-refractivity contribution in [2.75, 3.05) is 0 Å². The Hall–Kier alpha value is -2.04. The van der Waals surface area contributed by atoms with Crippen LogP contribution in [0.2, 0.25) is 0 Å². The molecule has 2 rings (SSSR count). The summed E-state index contributed by atoms with van der Waals surface area (Å²) in [5.41, 5.74) is 1.15. The number of aryl methyl sites for hydroxylation is 2. The van der Waals surface area contributed by atoms with Gasteiger partial charge in [0.15, 0.2) is 0 Å². The molecule has 0 N–H and O–H groups in total. The van der Waals surface area contributed by atoms with E-state index < -0.39 is 11.6 Å². The highest BCUT2D eigenvalue weighted by atomic mass is 19.1. The molecule has 1 heterocycles. The van der Waals surface area contributed by atoms with Gasteiger partial charge in [0.25, 0.3) is 0 Å². The summed E-state index contributed by atoms with van der Waals surface area (Å²) in [4.78, 5) is 12.0. The molecule has 2 aromatic rings. The molecule has 5 heteroatoms. The topological polar surface area (TPSA) is 47.8 Å². The van der Waals surface area contributed by atoms with Crippen molar-refractivity contribution in [3.05, 3.63) is 47.0 Å². The van der Waals surface area contributed by atoms with Crippen LogP contribution in [0.15, 0.2) is 24.4 Å². The van der Waals surface area contributed by atoms with Gasteiger partial charge in [-0.25, -0.2) is 9.07 Å². The number of hydrogen-bond donors (Lipinski definition) is 0. The van der Waals surface area contributed by atoms with Crippen LogP contribution in [-0.2, 0) is 7.05 Å². The van der Waals surface area contributed by atoms with Crippen LogP contribution in [0, 0.1) is 12.7 Å². The minimum atomic E-state index is -0.531. The minimum absolute atomic E-state index is 0.0467. The molecule has 0 aliphatic rings. The van der Waals surface area contributed by atoms with Crippen LogP contribution in [0.25, 0.3) is 0 Å². The number of hydrogen-bond acceptors (Lipinski definition) is 3. The Morgan fingerprint density at radius 3 is 2.81 bits per heavy atom. The molecular formula is C11H10FN3O. The van der Waals surface area contributed by atoms with E-state index in [0.29, 0.717) is 0 Å². The van der Waals surface area contributed by atoms with Crippen LogP contribution in [0.3, 0.4) is 0 Å². The van der Waals surface area contributed by atoms with E-state index in [1.807, 2.05) is 0 Å². The minimum Gasteiger partial charge on any atom is -0.287 e. The van der Waals surface area contributed by atoms with Crippen LogP contribution in [0.4, 0.5) is 4.39 Å². The van der Waals surface area contributed by atoms with E-state index in [-0.39, 0.29) is 11.3 Å². The molecule has 0 saturated carbocycles. The molecule has 1 aromatic carbocycles. The molecule has 0 radical (unpaired) electrons. The number of halogens is 1. The second kappa shape index (κ2) is 3.84. The Balaban J connectivity index is 2.49. The molecule has 82 valence electrons. The van der Waals surface area contributed by atoms with Gasteiger partial charge in [-0.2, -0.15) is 0 Å². The van der Waals surface area contributed by atoms with Crippen LogP contribution >= 0.6 is 0 Å². The Morgan fingerprint density at radius 2 is 2.19 bits per heavy atom. The fraction of sp³-hybridized carbons (Fsp3) is 0.182. The second-order valence-electron chi connectivity index (χ2n) is 3.56. The molecule has 1 aromatic heterocycles. The maximum absolute atomic E-state index is 13.5. The van der Waals surface area contributed by atoms with Gasteiger partial charge in [-0.05, 0) is 19.1 Å². The maximum Gasteiger partial charge on any atom is 0.215 e. The lowest BCUT2D eigenvalue weighted by Gasteiger charge is -2.03. The molecule has 0 fully saturated rings. The summed E-state index contributed by atoms with van der Waals surface area (Å²) >= 11 is 0. The maximum atomic E-state index is 13.5. The molecule has 0 unspecified atom stereocenters. The Bertz CT molecular complexity index is 548.